The zero-order valence-electron chi connectivity index (χ0n) is 13.1. The van der Waals surface area contributed by atoms with Crippen LogP contribution in [0.4, 0.5) is 0 Å². The number of aromatic nitrogens is 2. The number of aryl methyl sites for hydroxylation is 1. The van der Waals surface area contributed by atoms with Crippen LogP contribution in [-0.4, -0.2) is 33.7 Å². The molecular weight excluding hydrogens is 250 g/mol. The van der Waals surface area contributed by atoms with E-state index in [0.29, 0.717) is 11.6 Å². The first-order valence-electron chi connectivity index (χ1n) is 7.46. The van der Waals surface area contributed by atoms with Gasteiger partial charge in [0.2, 0.25) is 0 Å². The molecule has 0 N–H and O–H groups in total. The van der Waals surface area contributed by atoms with Gasteiger partial charge in [0.05, 0.1) is 5.69 Å². The summed E-state index contributed by atoms with van der Waals surface area (Å²) in [5.74, 6) is 0.786. The summed E-state index contributed by atoms with van der Waals surface area (Å²) in [6.07, 6.45) is 3.11. The van der Waals surface area contributed by atoms with Crippen molar-refractivity contribution in [2.24, 2.45) is 13.0 Å². The first-order valence-corrected chi connectivity index (χ1v) is 7.46. The zero-order valence-corrected chi connectivity index (χ0v) is 13.1. The molecule has 1 aliphatic heterocycles. The largest absolute Gasteiger partial charge is 0.337 e. The maximum absolute atomic E-state index is 12.6. The van der Waals surface area contributed by atoms with Crippen LogP contribution in [0.15, 0.2) is 6.07 Å². The van der Waals surface area contributed by atoms with E-state index in [4.69, 9.17) is 0 Å². The molecule has 0 aromatic carbocycles. The summed E-state index contributed by atoms with van der Waals surface area (Å²) in [5.41, 5.74) is 1.64. The fourth-order valence-corrected chi connectivity index (χ4v) is 2.62. The normalized spacial score (nSPS) is 17.6. The van der Waals surface area contributed by atoms with Gasteiger partial charge >= 0.3 is 0 Å². The lowest BCUT2D eigenvalue weighted by Gasteiger charge is -2.31. The monoisotopic (exact) mass is 276 g/mol. The van der Waals surface area contributed by atoms with E-state index >= 15 is 0 Å². The fraction of sp³-hybridized carbons (Fsp3) is 0.688. The van der Waals surface area contributed by atoms with Crippen LogP contribution in [0.25, 0.3) is 0 Å². The summed E-state index contributed by atoms with van der Waals surface area (Å²) in [4.78, 5) is 14.6. The number of rotatable bonds is 2. The minimum absolute atomic E-state index is 0.0306. The Hall–Kier alpha value is -1.32. The molecule has 1 radical (unpaired) electrons. The molecule has 1 fully saturated rings. The van der Waals surface area contributed by atoms with Gasteiger partial charge in [0.15, 0.2) is 0 Å². The molecule has 2 rings (SSSR count). The van der Waals surface area contributed by atoms with Crippen molar-refractivity contribution < 1.29 is 4.79 Å². The molecule has 4 heteroatoms. The summed E-state index contributed by atoms with van der Waals surface area (Å²) in [6.45, 7) is 12.0. The second-order valence-electron chi connectivity index (χ2n) is 6.81. The van der Waals surface area contributed by atoms with Crippen molar-refractivity contribution in [2.45, 2.75) is 45.4 Å². The van der Waals surface area contributed by atoms with Crippen LogP contribution in [0.3, 0.4) is 0 Å². The quantitative estimate of drug-likeness (QED) is 0.833. The Morgan fingerprint density at radius 2 is 2.00 bits per heavy atom. The van der Waals surface area contributed by atoms with Gasteiger partial charge in [-0.1, -0.05) is 34.1 Å². The van der Waals surface area contributed by atoms with Gasteiger partial charge in [-0.2, -0.15) is 5.10 Å². The molecule has 0 bridgehead atoms. The number of hydrogen-bond donors (Lipinski definition) is 0. The molecule has 20 heavy (non-hydrogen) atoms. The number of hydrogen-bond acceptors (Lipinski definition) is 2. The Morgan fingerprint density at radius 1 is 1.40 bits per heavy atom. The molecule has 4 nitrogen and oxygen atoms in total. The Kier molecular flexibility index (Phi) is 4.21. The van der Waals surface area contributed by atoms with E-state index in [-0.39, 0.29) is 11.3 Å². The smallest absolute Gasteiger partial charge is 0.272 e. The van der Waals surface area contributed by atoms with Gasteiger partial charge in [0.25, 0.3) is 5.91 Å². The van der Waals surface area contributed by atoms with Crippen molar-refractivity contribution in [1.29, 1.82) is 0 Å². The highest BCUT2D eigenvalue weighted by Crippen LogP contribution is 2.24. The van der Waals surface area contributed by atoms with Crippen molar-refractivity contribution in [3.05, 3.63) is 24.4 Å². The molecule has 0 aliphatic carbocycles. The molecular formula is C16H26N3O. The Bertz CT molecular complexity index is 476. The lowest BCUT2D eigenvalue weighted by molar-refractivity contribution is 0.0680. The summed E-state index contributed by atoms with van der Waals surface area (Å²) in [6, 6.07) is 1.94. The molecule has 1 aromatic rings. The first-order chi connectivity index (χ1) is 9.32. The van der Waals surface area contributed by atoms with Crippen molar-refractivity contribution in [3.63, 3.8) is 0 Å². The van der Waals surface area contributed by atoms with E-state index in [9.17, 15) is 4.79 Å². The lowest BCUT2D eigenvalue weighted by atomic mass is 9.92. The highest BCUT2D eigenvalue weighted by Gasteiger charge is 2.27. The van der Waals surface area contributed by atoms with Crippen LogP contribution >= 0.6 is 0 Å². The second kappa shape index (κ2) is 5.58. The molecule has 111 valence electrons. The van der Waals surface area contributed by atoms with Gasteiger partial charge in [0, 0.05) is 25.6 Å². The Morgan fingerprint density at radius 3 is 2.45 bits per heavy atom. The zero-order chi connectivity index (χ0) is 14.9. The molecule has 0 unspecified atom stereocenters. The molecule has 2 heterocycles. The van der Waals surface area contributed by atoms with E-state index in [1.807, 2.05) is 18.0 Å². The SMILES string of the molecule is [CH2]CC1CCN(C(=O)c2cc(C(C)(C)C)nn2C)CC1. The predicted octanol–water partition coefficient (Wildman–Crippen LogP) is 2.79. The first kappa shape index (κ1) is 15.1. The fourth-order valence-electron chi connectivity index (χ4n) is 2.62. The van der Waals surface area contributed by atoms with Crippen molar-refractivity contribution in [1.82, 2.24) is 14.7 Å². The minimum atomic E-state index is -0.0306. The van der Waals surface area contributed by atoms with E-state index < -0.39 is 0 Å². The van der Waals surface area contributed by atoms with E-state index in [1.165, 1.54) is 0 Å². The maximum atomic E-state index is 12.6. The third kappa shape index (κ3) is 3.05. The predicted molar refractivity (Wildman–Crippen MR) is 80.5 cm³/mol. The van der Waals surface area contributed by atoms with Crippen LogP contribution in [0.5, 0.6) is 0 Å². The standard InChI is InChI=1S/C16H26N3O/c1-6-12-7-9-19(10-8-12)15(20)13-11-14(16(2,3)4)17-18(13)5/h11-12H,1,6-10H2,2-5H3. The van der Waals surface area contributed by atoms with Gasteiger partial charge in [-0.25, -0.2) is 0 Å². The van der Waals surface area contributed by atoms with Crippen molar-refractivity contribution in [2.75, 3.05) is 13.1 Å². The molecule has 0 atom stereocenters. The minimum Gasteiger partial charge on any atom is -0.337 e. The van der Waals surface area contributed by atoms with Crippen LogP contribution in [-0.2, 0) is 12.5 Å². The van der Waals surface area contributed by atoms with Gasteiger partial charge in [0.1, 0.15) is 5.69 Å². The lowest BCUT2D eigenvalue weighted by Crippen LogP contribution is -2.39. The average Bonchev–Trinajstić information content (AvgIpc) is 2.80. The summed E-state index contributed by atoms with van der Waals surface area (Å²) < 4.78 is 1.72. The molecule has 1 saturated heterocycles. The molecule has 0 spiro atoms. The summed E-state index contributed by atoms with van der Waals surface area (Å²) >= 11 is 0. The van der Waals surface area contributed by atoms with Gasteiger partial charge < -0.3 is 4.90 Å². The molecule has 0 saturated carbocycles. The van der Waals surface area contributed by atoms with Gasteiger partial charge in [-0.3, -0.25) is 9.48 Å². The Balaban J connectivity index is 2.12. The number of carbonyl (C=O) groups excluding carboxylic acids is 1. The number of piperidine rings is 1. The molecule has 1 amide bonds. The third-order valence-corrected chi connectivity index (χ3v) is 4.18. The number of likely N-dealkylation sites (tertiary alicyclic amines) is 1. The van der Waals surface area contributed by atoms with E-state index in [1.54, 1.807) is 4.68 Å². The topological polar surface area (TPSA) is 38.1 Å². The van der Waals surface area contributed by atoms with Crippen LogP contribution in [0.2, 0.25) is 0 Å². The van der Waals surface area contributed by atoms with Gasteiger partial charge in [-0.05, 0) is 24.8 Å². The summed E-state index contributed by atoms with van der Waals surface area (Å²) in [7, 11) is 1.85. The number of amides is 1. The van der Waals surface area contributed by atoms with E-state index in [2.05, 4.69) is 32.8 Å². The Labute approximate surface area is 122 Å². The van der Waals surface area contributed by atoms with Crippen molar-refractivity contribution >= 4 is 5.91 Å². The maximum Gasteiger partial charge on any atom is 0.272 e. The van der Waals surface area contributed by atoms with E-state index in [0.717, 1.165) is 38.0 Å². The van der Waals surface area contributed by atoms with Gasteiger partial charge in [-0.15, -0.1) is 0 Å². The summed E-state index contributed by atoms with van der Waals surface area (Å²) in [5, 5.41) is 4.49. The highest BCUT2D eigenvalue weighted by atomic mass is 16.2. The average molecular weight is 276 g/mol. The van der Waals surface area contributed by atoms with Crippen molar-refractivity contribution in [3.8, 4) is 0 Å². The van der Waals surface area contributed by atoms with Crippen LogP contribution in [0, 0.1) is 12.8 Å². The third-order valence-electron chi connectivity index (χ3n) is 4.18. The van der Waals surface area contributed by atoms with Crippen LogP contribution < -0.4 is 0 Å². The molecule has 1 aromatic heterocycles. The second-order valence-corrected chi connectivity index (χ2v) is 6.81. The molecule has 1 aliphatic rings. The highest BCUT2D eigenvalue weighted by molar-refractivity contribution is 5.92. The number of nitrogens with zero attached hydrogens (tertiary/aromatic N) is 3. The van der Waals surface area contributed by atoms with Crippen LogP contribution in [0.1, 0.15) is 56.2 Å². The number of carbonyl (C=O) groups is 1.